The van der Waals surface area contributed by atoms with Crippen LogP contribution in [0, 0.1) is 5.82 Å². The standard InChI is InChI=1S/C20H23F3N4O2/c1-18(2)20(22,23)19(3,27-16(24)11-29-18)14-9-12(5-7-15(14)21)26-13-6-8-17(28-4)25-10-13/h5-10,26H,11H2,1-4H3,(H2,24,27). The Labute approximate surface area is 166 Å². The summed E-state index contributed by atoms with van der Waals surface area (Å²) in [5.41, 5.74) is 2.25. The molecule has 2 heterocycles. The van der Waals surface area contributed by atoms with E-state index < -0.39 is 22.9 Å². The number of pyridine rings is 1. The quantitative estimate of drug-likeness (QED) is 0.800. The number of anilines is 2. The van der Waals surface area contributed by atoms with Gasteiger partial charge in [0.05, 0.1) is 19.0 Å². The van der Waals surface area contributed by atoms with Crippen LogP contribution in [0.4, 0.5) is 24.5 Å². The Kier molecular flexibility index (Phi) is 5.20. The molecule has 1 aromatic carbocycles. The lowest BCUT2D eigenvalue weighted by Crippen LogP contribution is -2.56. The van der Waals surface area contributed by atoms with E-state index in [4.69, 9.17) is 15.2 Å². The van der Waals surface area contributed by atoms with E-state index in [1.165, 1.54) is 39.3 Å². The highest BCUT2D eigenvalue weighted by Gasteiger charge is 2.63. The number of rotatable bonds is 4. The molecular weight excluding hydrogens is 385 g/mol. The van der Waals surface area contributed by atoms with Crippen molar-refractivity contribution in [1.29, 1.82) is 0 Å². The molecule has 29 heavy (non-hydrogen) atoms. The van der Waals surface area contributed by atoms with Crippen molar-refractivity contribution in [2.75, 3.05) is 19.0 Å². The number of halogens is 3. The van der Waals surface area contributed by atoms with Gasteiger partial charge in [0.1, 0.15) is 23.9 Å². The zero-order valence-corrected chi connectivity index (χ0v) is 16.6. The second-order valence-electron chi connectivity index (χ2n) is 7.46. The van der Waals surface area contributed by atoms with Crippen molar-refractivity contribution in [2.45, 2.75) is 37.8 Å². The molecule has 1 atom stereocenters. The number of amidine groups is 1. The van der Waals surface area contributed by atoms with Crippen LogP contribution < -0.4 is 15.8 Å². The first-order valence-electron chi connectivity index (χ1n) is 8.93. The van der Waals surface area contributed by atoms with Crippen LogP contribution in [0.3, 0.4) is 0 Å². The minimum atomic E-state index is -3.55. The van der Waals surface area contributed by atoms with Gasteiger partial charge in [0.2, 0.25) is 5.88 Å². The number of nitrogens with one attached hydrogen (secondary N) is 1. The molecule has 0 saturated heterocycles. The molecule has 0 fully saturated rings. The summed E-state index contributed by atoms with van der Waals surface area (Å²) < 4.78 is 56.0. The molecule has 1 unspecified atom stereocenters. The van der Waals surface area contributed by atoms with E-state index in [1.54, 1.807) is 12.1 Å². The largest absolute Gasteiger partial charge is 0.481 e. The van der Waals surface area contributed by atoms with E-state index >= 15 is 8.78 Å². The fraction of sp³-hybridized carbons (Fsp3) is 0.400. The van der Waals surface area contributed by atoms with Crippen molar-refractivity contribution in [3.63, 3.8) is 0 Å². The molecule has 0 spiro atoms. The molecule has 1 aliphatic rings. The molecule has 2 aromatic rings. The highest BCUT2D eigenvalue weighted by Crippen LogP contribution is 2.50. The van der Waals surface area contributed by atoms with Gasteiger partial charge in [-0.15, -0.1) is 0 Å². The number of benzene rings is 1. The van der Waals surface area contributed by atoms with Crippen molar-refractivity contribution in [1.82, 2.24) is 4.98 Å². The Morgan fingerprint density at radius 3 is 2.45 bits per heavy atom. The maximum absolute atomic E-state index is 15.5. The van der Waals surface area contributed by atoms with Gasteiger partial charge in [0.15, 0.2) is 5.54 Å². The summed E-state index contributed by atoms with van der Waals surface area (Å²) in [5, 5.41) is 3.01. The van der Waals surface area contributed by atoms with Crippen molar-refractivity contribution in [2.24, 2.45) is 10.7 Å². The maximum Gasteiger partial charge on any atom is 0.304 e. The first kappa shape index (κ1) is 20.9. The molecule has 3 N–H and O–H groups in total. The first-order valence-corrected chi connectivity index (χ1v) is 8.93. The zero-order valence-electron chi connectivity index (χ0n) is 16.6. The van der Waals surface area contributed by atoms with Gasteiger partial charge >= 0.3 is 5.92 Å². The summed E-state index contributed by atoms with van der Waals surface area (Å²) in [7, 11) is 1.49. The number of aromatic nitrogens is 1. The Morgan fingerprint density at radius 1 is 1.14 bits per heavy atom. The summed E-state index contributed by atoms with van der Waals surface area (Å²) in [6.45, 7) is 3.37. The van der Waals surface area contributed by atoms with E-state index in [0.29, 0.717) is 17.3 Å². The zero-order chi connectivity index (χ0) is 21.4. The van der Waals surface area contributed by atoms with E-state index in [-0.39, 0.29) is 18.0 Å². The average Bonchev–Trinajstić information content (AvgIpc) is 2.73. The summed E-state index contributed by atoms with van der Waals surface area (Å²) in [6.07, 6.45) is 1.51. The van der Waals surface area contributed by atoms with Gasteiger partial charge in [-0.05, 0) is 45.0 Å². The second kappa shape index (κ2) is 7.22. The molecule has 0 aliphatic carbocycles. The van der Waals surface area contributed by atoms with Crippen molar-refractivity contribution >= 4 is 17.2 Å². The fourth-order valence-electron chi connectivity index (χ4n) is 3.27. The Morgan fingerprint density at radius 2 is 1.83 bits per heavy atom. The Balaban J connectivity index is 2.06. The van der Waals surface area contributed by atoms with Gasteiger partial charge in [0, 0.05) is 17.3 Å². The molecule has 3 rings (SSSR count). The molecule has 1 aromatic heterocycles. The molecule has 0 radical (unpaired) electrons. The average molecular weight is 408 g/mol. The number of nitrogens with zero attached hydrogens (tertiary/aromatic N) is 2. The third-order valence-electron chi connectivity index (χ3n) is 5.04. The van der Waals surface area contributed by atoms with Crippen LogP contribution in [0.1, 0.15) is 26.3 Å². The number of aliphatic imine (C=N–C) groups is 1. The summed E-state index contributed by atoms with van der Waals surface area (Å²) in [4.78, 5) is 8.05. The van der Waals surface area contributed by atoms with Gasteiger partial charge in [-0.2, -0.15) is 0 Å². The van der Waals surface area contributed by atoms with E-state index in [9.17, 15) is 4.39 Å². The highest BCUT2D eigenvalue weighted by atomic mass is 19.3. The lowest BCUT2D eigenvalue weighted by molar-refractivity contribution is -0.214. The lowest BCUT2D eigenvalue weighted by atomic mass is 9.78. The SMILES string of the molecule is COc1ccc(Nc2ccc(F)c(C3(C)N=C(N)COC(C)(C)C3(F)F)c2)cn1. The minimum absolute atomic E-state index is 0.130. The smallest absolute Gasteiger partial charge is 0.304 e. The van der Waals surface area contributed by atoms with Gasteiger partial charge in [-0.1, -0.05) is 0 Å². The van der Waals surface area contributed by atoms with Crippen LogP contribution in [0.15, 0.2) is 41.5 Å². The predicted octanol–water partition coefficient (Wildman–Crippen LogP) is 3.99. The molecule has 1 aliphatic heterocycles. The van der Waals surface area contributed by atoms with Crippen LogP contribution in [0.2, 0.25) is 0 Å². The van der Waals surface area contributed by atoms with E-state index in [2.05, 4.69) is 15.3 Å². The Hall–Kier alpha value is -2.81. The normalized spacial score (nSPS) is 23.1. The van der Waals surface area contributed by atoms with Crippen molar-refractivity contribution in [3.05, 3.63) is 47.9 Å². The molecule has 6 nitrogen and oxygen atoms in total. The minimum Gasteiger partial charge on any atom is -0.481 e. The topological polar surface area (TPSA) is 81.8 Å². The van der Waals surface area contributed by atoms with Gasteiger partial charge in [-0.25, -0.2) is 18.2 Å². The fourth-order valence-corrected chi connectivity index (χ4v) is 3.27. The molecule has 156 valence electrons. The van der Waals surface area contributed by atoms with Crippen LogP contribution in [0.5, 0.6) is 5.88 Å². The Bertz CT molecular complexity index is 932. The third-order valence-corrected chi connectivity index (χ3v) is 5.04. The van der Waals surface area contributed by atoms with Gasteiger partial charge < -0.3 is 20.5 Å². The van der Waals surface area contributed by atoms with Crippen molar-refractivity contribution < 1.29 is 22.6 Å². The lowest BCUT2D eigenvalue weighted by Gasteiger charge is -2.42. The van der Waals surface area contributed by atoms with Crippen LogP contribution in [-0.2, 0) is 10.3 Å². The predicted molar refractivity (Wildman–Crippen MR) is 104 cm³/mol. The monoisotopic (exact) mass is 408 g/mol. The van der Waals surface area contributed by atoms with Gasteiger partial charge in [-0.3, -0.25) is 4.99 Å². The van der Waals surface area contributed by atoms with Crippen molar-refractivity contribution in [3.8, 4) is 5.88 Å². The number of ether oxygens (including phenoxy) is 2. The summed E-state index contributed by atoms with van der Waals surface area (Å²) >= 11 is 0. The van der Waals surface area contributed by atoms with Gasteiger partial charge in [0.25, 0.3) is 0 Å². The molecule has 0 bridgehead atoms. The molecule has 0 amide bonds. The number of hydrogen-bond acceptors (Lipinski definition) is 6. The third kappa shape index (κ3) is 3.62. The summed E-state index contributed by atoms with van der Waals surface area (Å²) in [6, 6.07) is 7.18. The molecular formula is C20H23F3N4O2. The number of hydrogen-bond donors (Lipinski definition) is 2. The molecule has 0 saturated carbocycles. The highest BCUT2D eigenvalue weighted by molar-refractivity contribution is 5.82. The number of nitrogens with two attached hydrogens (primary N) is 1. The van der Waals surface area contributed by atoms with E-state index in [1.807, 2.05) is 0 Å². The van der Waals surface area contributed by atoms with Crippen LogP contribution in [0.25, 0.3) is 0 Å². The van der Waals surface area contributed by atoms with Crippen LogP contribution in [-0.4, -0.2) is 36.1 Å². The first-order chi connectivity index (χ1) is 13.5. The number of methoxy groups -OCH3 is 1. The van der Waals surface area contributed by atoms with Crippen LogP contribution >= 0.6 is 0 Å². The van der Waals surface area contributed by atoms with E-state index in [0.717, 1.165) is 13.0 Å². The summed E-state index contributed by atoms with van der Waals surface area (Å²) in [5.74, 6) is -4.08. The second-order valence-corrected chi connectivity index (χ2v) is 7.46. The number of alkyl halides is 2. The maximum atomic E-state index is 15.5. The molecule has 9 heteroatoms.